The van der Waals surface area contributed by atoms with Gasteiger partial charge in [0.15, 0.2) is 0 Å². The number of nitrogens with zero attached hydrogens (tertiary/aromatic N) is 3. The molecule has 0 unspecified atom stereocenters. The maximum absolute atomic E-state index is 4.70. The van der Waals surface area contributed by atoms with Crippen LogP contribution in [-0.4, -0.2) is 23.1 Å². The lowest BCUT2D eigenvalue weighted by molar-refractivity contribution is 0.744. The van der Waals surface area contributed by atoms with Crippen molar-refractivity contribution in [3.63, 3.8) is 0 Å². The first-order chi connectivity index (χ1) is 14.2. The Balaban J connectivity index is 0.000000290. The highest BCUT2D eigenvalue weighted by Gasteiger charge is 2.14. The van der Waals surface area contributed by atoms with Crippen molar-refractivity contribution < 1.29 is 0 Å². The molecule has 0 fully saturated rings. The molecular formula is C25H29N3S. The number of thiophene rings is 1. The summed E-state index contributed by atoms with van der Waals surface area (Å²) < 4.78 is 1.33. The predicted molar refractivity (Wildman–Crippen MR) is 127 cm³/mol. The fourth-order valence-corrected chi connectivity index (χ4v) is 4.33. The van der Waals surface area contributed by atoms with Gasteiger partial charge in [0.25, 0.3) is 0 Å². The Morgan fingerprint density at radius 1 is 0.862 bits per heavy atom. The van der Waals surface area contributed by atoms with E-state index in [9.17, 15) is 0 Å². The molecule has 4 rings (SSSR count). The average molecular weight is 404 g/mol. The summed E-state index contributed by atoms with van der Waals surface area (Å²) in [6.07, 6.45) is 7.78. The van der Waals surface area contributed by atoms with Crippen LogP contribution < -0.4 is 4.90 Å². The van der Waals surface area contributed by atoms with Crippen molar-refractivity contribution in [3.05, 3.63) is 78.8 Å². The van der Waals surface area contributed by atoms with Gasteiger partial charge in [-0.25, -0.2) is 0 Å². The third kappa shape index (κ3) is 5.64. The number of aromatic nitrogens is 2. The number of hydrogen-bond donors (Lipinski definition) is 0. The molecule has 0 radical (unpaired) electrons. The second-order valence-electron chi connectivity index (χ2n) is 7.03. The minimum absolute atomic E-state index is 1.08. The minimum Gasteiger partial charge on any atom is -0.370 e. The molecule has 4 heteroatoms. The molecule has 3 nitrogen and oxygen atoms in total. The Labute approximate surface area is 178 Å². The van der Waals surface area contributed by atoms with E-state index in [2.05, 4.69) is 60.1 Å². The first-order valence-electron chi connectivity index (χ1n) is 10.3. The van der Waals surface area contributed by atoms with Crippen LogP contribution in [0.2, 0.25) is 0 Å². The normalized spacial score (nSPS) is 10.4. The summed E-state index contributed by atoms with van der Waals surface area (Å²) in [5.74, 6) is 0. The first-order valence-corrected chi connectivity index (χ1v) is 11.1. The van der Waals surface area contributed by atoms with Crippen molar-refractivity contribution in [3.8, 4) is 10.6 Å². The zero-order chi connectivity index (χ0) is 20.5. The van der Waals surface area contributed by atoms with E-state index in [-0.39, 0.29) is 0 Å². The molecule has 150 valence electrons. The molecule has 0 saturated heterocycles. The fourth-order valence-electron chi connectivity index (χ4n) is 3.26. The van der Waals surface area contributed by atoms with E-state index >= 15 is 0 Å². The summed E-state index contributed by atoms with van der Waals surface area (Å²) in [6, 6.07) is 19.0. The van der Waals surface area contributed by atoms with E-state index in [1.54, 1.807) is 12.4 Å². The molecule has 4 aromatic rings. The second kappa shape index (κ2) is 10.7. The number of rotatable bonds is 6. The Morgan fingerprint density at radius 3 is 2.21 bits per heavy atom. The molecule has 0 bridgehead atoms. The fraction of sp³-hybridized carbons (Fsp3) is 0.280. The van der Waals surface area contributed by atoms with Crippen molar-refractivity contribution >= 4 is 27.1 Å². The largest absolute Gasteiger partial charge is 0.370 e. The van der Waals surface area contributed by atoms with Crippen molar-refractivity contribution in [2.24, 2.45) is 0 Å². The standard InChI is InChI=1S/C19H22N2S.C6H7N/c1-3-12-21(13-4-2)16-9-7-11-20-19(16)18-14-15-8-5-6-10-17(15)22-18;1-6-2-4-7-5-3-6/h5-11,14H,3-4,12-13H2,1-2H3;2-5H,1H3. The Morgan fingerprint density at radius 2 is 1.59 bits per heavy atom. The van der Waals surface area contributed by atoms with Gasteiger partial charge in [0.1, 0.15) is 5.69 Å². The van der Waals surface area contributed by atoms with Gasteiger partial charge in [-0.2, -0.15) is 0 Å². The molecule has 3 heterocycles. The minimum atomic E-state index is 1.08. The lowest BCUT2D eigenvalue weighted by Crippen LogP contribution is -2.25. The Bertz CT molecular complexity index is 972. The summed E-state index contributed by atoms with van der Waals surface area (Å²) in [4.78, 5) is 12.3. The summed E-state index contributed by atoms with van der Waals surface area (Å²) >= 11 is 1.83. The van der Waals surface area contributed by atoms with Crippen LogP contribution in [-0.2, 0) is 0 Å². The van der Waals surface area contributed by atoms with Crippen molar-refractivity contribution in [1.29, 1.82) is 0 Å². The number of pyridine rings is 2. The second-order valence-corrected chi connectivity index (χ2v) is 8.12. The summed E-state index contributed by atoms with van der Waals surface area (Å²) in [5.41, 5.74) is 3.64. The van der Waals surface area contributed by atoms with Gasteiger partial charge in [0.05, 0.1) is 10.6 Å². The highest BCUT2D eigenvalue weighted by atomic mass is 32.1. The molecule has 0 atom stereocenters. The van der Waals surface area contributed by atoms with Gasteiger partial charge in [0.2, 0.25) is 0 Å². The molecule has 1 aromatic carbocycles. The van der Waals surface area contributed by atoms with Gasteiger partial charge >= 0.3 is 0 Å². The van der Waals surface area contributed by atoms with Gasteiger partial charge in [-0.3, -0.25) is 9.97 Å². The molecule has 3 aromatic heterocycles. The van der Waals surface area contributed by atoms with Gasteiger partial charge < -0.3 is 4.90 Å². The van der Waals surface area contributed by atoms with Crippen LogP contribution in [0.4, 0.5) is 5.69 Å². The zero-order valence-electron chi connectivity index (χ0n) is 17.5. The monoisotopic (exact) mass is 403 g/mol. The van der Waals surface area contributed by atoms with E-state index in [0.717, 1.165) is 31.6 Å². The van der Waals surface area contributed by atoms with Crippen LogP contribution in [0.5, 0.6) is 0 Å². The number of benzene rings is 1. The lowest BCUT2D eigenvalue weighted by atomic mass is 10.2. The molecule has 0 spiro atoms. The summed E-state index contributed by atoms with van der Waals surface area (Å²) in [7, 11) is 0. The number of anilines is 1. The third-order valence-corrected chi connectivity index (χ3v) is 5.74. The van der Waals surface area contributed by atoms with Gasteiger partial charge in [-0.15, -0.1) is 11.3 Å². The number of hydrogen-bond acceptors (Lipinski definition) is 4. The van der Waals surface area contributed by atoms with Crippen LogP contribution in [0.15, 0.2) is 73.2 Å². The molecule has 0 aliphatic rings. The van der Waals surface area contributed by atoms with E-state index in [1.807, 2.05) is 42.7 Å². The summed E-state index contributed by atoms with van der Waals surface area (Å²) in [6.45, 7) is 8.67. The van der Waals surface area contributed by atoms with Crippen LogP contribution in [0.1, 0.15) is 32.3 Å². The first kappa shape index (κ1) is 21.0. The third-order valence-electron chi connectivity index (χ3n) is 4.62. The highest BCUT2D eigenvalue weighted by Crippen LogP contribution is 2.37. The number of fused-ring (bicyclic) bond motifs is 1. The van der Waals surface area contributed by atoms with Gasteiger partial charge in [0, 0.05) is 36.4 Å². The van der Waals surface area contributed by atoms with Crippen LogP contribution in [0.3, 0.4) is 0 Å². The number of aryl methyl sites for hydroxylation is 1. The van der Waals surface area contributed by atoms with Crippen LogP contribution in [0.25, 0.3) is 20.7 Å². The van der Waals surface area contributed by atoms with Gasteiger partial charge in [-0.1, -0.05) is 32.0 Å². The summed E-state index contributed by atoms with van der Waals surface area (Å²) in [5, 5.41) is 1.30. The van der Waals surface area contributed by atoms with E-state index in [0.29, 0.717) is 0 Å². The van der Waals surface area contributed by atoms with Crippen molar-refractivity contribution in [2.45, 2.75) is 33.6 Å². The molecule has 0 aliphatic heterocycles. The predicted octanol–water partition coefficient (Wildman–Crippen LogP) is 6.98. The molecule has 0 saturated carbocycles. The Hall–Kier alpha value is -2.72. The Kier molecular flexibility index (Phi) is 7.77. The molecule has 0 amide bonds. The van der Waals surface area contributed by atoms with Crippen LogP contribution in [0, 0.1) is 6.92 Å². The topological polar surface area (TPSA) is 29.0 Å². The van der Waals surface area contributed by atoms with E-state index < -0.39 is 0 Å². The maximum Gasteiger partial charge on any atom is 0.103 e. The average Bonchev–Trinajstić information content (AvgIpc) is 3.19. The highest BCUT2D eigenvalue weighted by molar-refractivity contribution is 7.22. The molecule has 0 aliphatic carbocycles. The van der Waals surface area contributed by atoms with Crippen molar-refractivity contribution in [1.82, 2.24) is 9.97 Å². The van der Waals surface area contributed by atoms with Gasteiger partial charge in [-0.05, 0) is 67.1 Å². The van der Waals surface area contributed by atoms with E-state index in [1.165, 1.54) is 26.2 Å². The SMILES string of the molecule is CCCN(CCC)c1cccnc1-c1cc2ccccc2s1.Cc1ccncc1. The van der Waals surface area contributed by atoms with Crippen LogP contribution >= 0.6 is 11.3 Å². The maximum atomic E-state index is 4.70. The van der Waals surface area contributed by atoms with E-state index in [4.69, 9.17) is 4.98 Å². The van der Waals surface area contributed by atoms with Crippen molar-refractivity contribution in [2.75, 3.05) is 18.0 Å². The quantitative estimate of drug-likeness (QED) is 0.348. The molecule has 29 heavy (non-hydrogen) atoms. The lowest BCUT2D eigenvalue weighted by Gasteiger charge is -2.25. The zero-order valence-corrected chi connectivity index (χ0v) is 18.3. The molecular weight excluding hydrogens is 374 g/mol. The smallest absolute Gasteiger partial charge is 0.103 e. The molecule has 0 N–H and O–H groups in total.